The third-order valence-electron chi connectivity index (χ3n) is 6.22. The van der Waals surface area contributed by atoms with Crippen LogP contribution in [0.2, 0.25) is 0 Å². The molecule has 2 saturated carbocycles. The second kappa shape index (κ2) is 4.91. The Hall–Kier alpha value is -1.68. The Morgan fingerprint density at radius 1 is 1.17 bits per heavy atom. The number of carbonyl (C=O) groups excluding carboxylic acids is 1. The molecule has 3 atom stereocenters. The fraction of sp³-hybridized carbons (Fsp3) is 0.579. The van der Waals surface area contributed by atoms with Gasteiger partial charge >= 0.3 is 0 Å². The summed E-state index contributed by atoms with van der Waals surface area (Å²) < 4.78 is 0. The SMILES string of the molecule is O=C1NC(c2ccccc2)=N[C@@]12CC[C@@H]1CN(CC3CC3)C[C@@H]12. The molecule has 4 aliphatic rings. The van der Waals surface area contributed by atoms with E-state index < -0.39 is 5.54 Å². The average molecular weight is 309 g/mol. The van der Waals surface area contributed by atoms with E-state index in [0.717, 1.165) is 36.7 Å². The van der Waals surface area contributed by atoms with Crippen LogP contribution in [0.3, 0.4) is 0 Å². The van der Waals surface area contributed by atoms with Crippen LogP contribution in [0.5, 0.6) is 0 Å². The van der Waals surface area contributed by atoms with Crippen molar-refractivity contribution < 1.29 is 4.79 Å². The number of hydrogen-bond acceptors (Lipinski definition) is 3. The monoisotopic (exact) mass is 309 g/mol. The summed E-state index contributed by atoms with van der Waals surface area (Å²) in [6, 6.07) is 10.0. The Morgan fingerprint density at radius 3 is 2.78 bits per heavy atom. The minimum Gasteiger partial charge on any atom is -0.308 e. The first-order chi connectivity index (χ1) is 11.2. The van der Waals surface area contributed by atoms with Crippen molar-refractivity contribution in [2.75, 3.05) is 19.6 Å². The normalized spacial score (nSPS) is 36.3. The van der Waals surface area contributed by atoms with Gasteiger partial charge in [-0.1, -0.05) is 30.3 Å². The van der Waals surface area contributed by atoms with E-state index in [2.05, 4.69) is 10.2 Å². The maximum atomic E-state index is 12.8. The molecular weight excluding hydrogens is 286 g/mol. The van der Waals surface area contributed by atoms with Crippen molar-refractivity contribution in [3.05, 3.63) is 35.9 Å². The lowest BCUT2D eigenvalue weighted by Crippen LogP contribution is -2.45. The molecule has 2 heterocycles. The first-order valence-electron chi connectivity index (χ1n) is 8.94. The van der Waals surface area contributed by atoms with E-state index in [-0.39, 0.29) is 5.91 Å². The van der Waals surface area contributed by atoms with Gasteiger partial charge in [-0.05, 0) is 37.5 Å². The minimum atomic E-state index is -0.492. The second-order valence-electron chi connectivity index (χ2n) is 7.77. The summed E-state index contributed by atoms with van der Waals surface area (Å²) in [5, 5.41) is 3.08. The number of fused-ring (bicyclic) bond motifs is 2. The van der Waals surface area contributed by atoms with Crippen LogP contribution in [0.4, 0.5) is 0 Å². The number of benzene rings is 1. The molecule has 4 nitrogen and oxygen atoms in total. The zero-order chi connectivity index (χ0) is 15.4. The van der Waals surface area contributed by atoms with Gasteiger partial charge in [-0.3, -0.25) is 9.79 Å². The Bertz CT molecular complexity index is 666. The molecular formula is C19H23N3O. The maximum absolute atomic E-state index is 12.8. The van der Waals surface area contributed by atoms with Gasteiger partial charge in [0, 0.05) is 31.1 Å². The lowest BCUT2D eigenvalue weighted by atomic mass is 9.85. The van der Waals surface area contributed by atoms with Crippen molar-refractivity contribution >= 4 is 11.7 Å². The van der Waals surface area contributed by atoms with Crippen molar-refractivity contribution in [1.82, 2.24) is 10.2 Å². The molecule has 1 saturated heterocycles. The standard InChI is InChI=1S/C19H23N3O/c23-18-19(21-17(20-18)14-4-2-1-3-5-14)9-8-15-11-22(12-16(15)19)10-13-6-7-13/h1-5,13,15-16H,6-12H2,(H,20,21,23)/t15-,16+,19-/m1/s1. The third-order valence-corrected chi connectivity index (χ3v) is 6.22. The van der Waals surface area contributed by atoms with Crippen LogP contribution >= 0.6 is 0 Å². The van der Waals surface area contributed by atoms with Crippen LogP contribution in [0.15, 0.2) is 35.3 Å². The average Bonchev–Trinajstić information content (AvgIpc) is 3.04. The van der Waals surface area contributed by atoms with Crippen LogP contribution in [-0.2, 0) is 4.79 Å². The number of amides is 1. The Morgan fingerprint density at radius 2 is 2.00 bits per heavy atom. The lowest BCUT2D eigenvalue weighted by Gasteiger charge is -2.25. The summed E-state index contributed by atoms with van der Waals surface area (Å²) in [6.07, 6.45) is 4.86. The lowest BCUT2D eigenvalue weighted by molar-refractivity contribution is -0.124. The highest BCUT2D eigenvalue weighted by molar-refractivity contribution is 6.15. The number of likely N-dealkylation sites (tertiary alicyclic amines) is 1. The van der Waals surface area contributed by atoms with Gasteiger partial charge in [-0.15, -0.1) is 0 Å². The minimum absolute atomic E-state index is 0.136. The number of rotatable bonds is 3. The Balaban J connectivity index is 1.42. The summed E-state index contributed by atoms with van der Waals surface area (Å²) in [7, 11) is 0. The zero-order valence-corrected chi connectivity index (χ0v) is 13.4. The zero-order valence-electron chi connectivity index (χ0n) is 13.4. The van der Waals surface area contributed by atoms with Crippen LogP contribution < -0.4 is 5.32 Å². The number of amidine groups is 1. The highest BCUT2D eigenvalue weighted by Crippen LogP contribution is 2.49. The van der Waals surface area contributed by atoms with Gasteiger partial charge in [0.25, 0.3) is 5.91 Å². The van der Waals surface area contributed by atoms with Crippen LogP contribution in [0.1, 0.15) is 31.2 Å². The number of nitrogens with zero attached hydrogens (tertiary/aromatic N) is 2. The quantitative estimate of drug-likeness (QED) is 0.929. The van der Waals surface area contributed by atoms with Crippen LogP contribution in [0, 0.1) is 17.8 Å². The third kappa shape index (κ3) is 2.15. The molecule has 4 heteroatoms. The molecule has 0 radical (unpaired) electrons. The fourth-order valence-corrected chi connectivity index (χ4v) is 4.85. The molecule has 23 heavy (non-hydrogen) atoms. The topological polar surface area (TPSA) is 44.7 Å². The Labute approximate surface area is 137 Å². The van der Waals surface area contributed by atoms with Crippen LogP contribution in [0.25, 0.3) is 0 Å². The molecule has 0 unspecified atom stereocenters. The molecule has 0 bridgehead atoms. The summed E-state index contributed by atoms with van der Waals surface area (Å²) in [6.45, 7) is 3.46. The van der Waals surface area contributed by atoms with E-state index in [4.69, 9.17) is 4.99 Å². The fourth-order valence-electron chi connectivity index (χ4n) is 4.85. The molecule has 5 rings (SSSR count). The molecule has 3 fully saturated rings. The number of carbonyl (C=O) groups is 1. The van der Waals surface area contributed by atoms with Gasteiger partial charge in [0.15, 0.2) is 0 Å². The van der Waals surface area contributed by atoms with Crippen molar-refractivity contribution in [2.24, 2.45) is 22.7 Å². The molecule has 1 aromatic rings. The number of nitrogens with one attached hydrogen (secondary N) is 1. The predicted molar refractivity (Wildman–Crippen MR) is 89.2 cm³/mol. The van der Waals surface area contributed by atoms with Gasteiger partial charge in [0.2, 0.25) is 0 Å². The van der Waals surface area contributed by atoms with Crippen LogP contribution in [-0.4, -0.2) is 41.8 Å². The first kappa shape index (κ1) is 13.7. The predicted octanol–water partition coefficient (Wildman–Crippen LogP) is 2.05. The Kier molecular flexibility index (Phi) is 2.93. The van der Waals surface area contributed by atoms with E-state index >= 15 is 0 Å². The van der Waals surface area contributed by atoms with Gasteiger partial charge < -0.3 is 10.2 Å². The van der Waals surface area contributed by atoms with E-state index in [1.807, 2.05) is 30.3 Å². The van der Waals surface area contributed by atoms with Crippen molar-refractivity contribution in [3.8, 4) is 0 Å². The van der Waals surface area contributed by atoms with Gasteiger partial charge in [0.1, 0.15) is 11.4 Å². The van der Waals surface area contributed by atoms with Gasteiger partial charge in [0.05, 0.1) is 0 Å². The molecule has 1 amide bonds. The smallest absolute Gasteiger partial charge is 0.253 e. The van der Waals surface area contributed by atoms with Crippen molar-refractivity contribution in [2.45, 2.75) is 31.2 Å². The van der Waals surface area contributed by atoms with Crippen molar-refractivity contribution in [1.29, 1.82) is 0 Å². The largest absolute Gasteiger partial charge is 0.308 e. The summed E-state index contributed by atoms with van der Waals surface area (Å²) in [5.41, 5.74) is 0.530. The summed E-state index contributed by atoms with van der Waals surface area (Å²) in [5.74, 6) is 2.89. The molecule has 1 N–H and O–H groups in total. The molecule has 2 aliphatic carbocycles. The summed E-state index contributed by atoms with van der Waals surface area (Å²) in [4.78, 5) is 20.4. The number of hydrogen-bond donors (Lipinski definition) is 1. The van der Waals surface area contributed by atoms with E-state index in [1.54, 1.807) is 0 Å². The summed E-state index contributed by atoms with van der Waals surface area (Å²) >= 11 is 0. The first-order valence-corrected chi connectivity index (χ1v) is 8.94. The molecule has 1 aromatic carbocycles. The molecule has 120 valence electrons. The highest BCUT2D eigenvalue weighted by atomic mass is 16.2. The van der Waals surface area contributed by atoms with E-state index in [1.165, 1.54) is 25.9 Å². The molecule has 1 spiro atoms. The van der Waals surface area contributed by atoms with Gasteiger partial charge in [-0.2, -0.15) is 0 Å². The molecule has 2 aliphatic heterocycles. The van der Waals surface area contributed by atoms with Crippen molar-refractivity contribution in [3.63, 3.8) is 0 Å². The van der Waals surface area contributed by atoms with E-state index in [9.17, 15) is 4.79 Å². The highest BCUT2D eigenvalue weighted by Gasteiger charge is 2.59. The maximum Gasteiger partial charge on any atom is 0.253 e. The van der Waals surface area contributed by atoms with E-state index in [0.29, 0.717) is 11.8 Å². The number of aliphatic imine (C=N–C) groups is 1. The molecule has 0 aromatic heterocycles. The second-order valence-corrected chi connectivity index (χ2v) is 7.77. The van der Waals surface area contributed by atoms with Gasteiger partial charge in [-0.25, -0.2) is 0 Å².